The van der Waals surface area contributed by atoms with E-state index in [0.29, 0.717) is 0 Å². The highest BCUT2D eigenvalue weighted by Gasteiger charge is 2.14. The number of aryl methyl sites for hydroxylation is 2. The minimum atomic E-state index is 0.0717. The third kappa shape index (κ3) is 3.62. The lowest BCUT2D eigenvalue weighted by molar-refractivity contribution is 0.546. The molecule has 4 heteroatoms. The average Bonchev–Trinajstić information content (AvgIpc) is 2.37. The first-order valence-corrected chi connectivity index (χ1v) is 7.04. The highest BCUT2D eigenvalue weighted by Crippen LogP contribution is 2.22. The molecule has 0 aliphatic rings. The number of benzene rings is 1. The largest absolute Gasteiger partial charge is 0.271 e. The number of hydrogen-bond donors (Lipinski definition) is 2. The summed E-state index contributed by atoms with van der Waals surface area (Å²) < 4.78 is 1.08. The van der Waals surface area contributed by atoms with Gasteiger partial charge in [-0.1, -0.05) is 34.1 Å². The molecule has 3 nitrogen and oxygen atoms in total. The molecule has 3 N–H and O–H groups in total. The second-order valence-electron chi connectivity index (χ2n) is 4.68. The molecular weight excluding hydrogens is 302 g/mol. The van der Waals surface area contributed by atoms with Crippen molar-refractivity contribution in [1.29, 1.82) is 0 Å². The predicted molar refractivity (Wildman–Crippen MR) is 81.6 cm³/mol. The molecule has 1 atom stereocenters. The van der Waals surface area contributed by atoms with Gasteiger partial charge in [-0.15, -0.1) is 0 Å². The maximum atomic E-state index is 5.71. The van der Waals surface area contributed by atoms with E-state index in [9.17, 15) is 0 Å². The van der Waals surface area contributed by atoms with Gasteiger partial charge in [0.15, 0.2) is 0 Å². The standard InChI is InChI=1S/C15H18BrN3/c1-10-6-7-14(11(2)18-10)15(19-17)9-12-4-3-5-13(16)8-12/h3-8,15,19H,9,17H2,1-2H3. The molecule has 1 heterocycles. The van der Waals surface area contributed by atoms with E-state index in [1.54, 1.807) is 0 Å². The van der Waals surface area contributed by atoms with Crippen LogP contribution in [-0.4, -0.2) is 4.98 Å². The lowest BCUT2D eigenvalue weighted by Crippen LogP contribution is -2.30. The molecule has 1 aromatic heterocycles. The predicted octanol–water partition coefficient (Wildman–Crippen LogP) is 3.21. The van der Waals surface area contributed by atoms with Gasteiger partial charge < -0.3 is 0 Å². The molecule has 0 spiro atoms. The van der Waals surface area contributed by atoms with Crippen molar-refractivity contribution in [3.8, 4) is 0 Å². The Morgan fingerprint density at radius 2 is 2.05 bits per heavy atom. The molecule has 0 aliphatic carbocycles. The van der Waals surface area contributed by atoms with Crippen molar-refractivity contribution in [1.82, 2.24) is 10.4 Å². The van der Waals surface area contributed by atoms with Gasteiger partial charge in [0.05, 0.1) is 6.04 Å². The SMILES string of the molecule is Cc1ccc(C(Cc2cccc(Br)c2)NN)c(C)n1. The van der Waals surface area contributed by atoms with E-state index in [-0.39, 0.29) is 6.04 Å². The minimum Gasteiger partial charge on any atom is -0.271 e. The molecule has 0 bridgehead atoms. The van der Waals surface area contributed by atoms with Crippen LogP contribution in [0.25, 0.3) is 0 Å². The van der Waals surface area contributed by atoms with Crippen molar-refractivity contribution in [3.63, 3.8) is 0 Å². The van der Waals surface area contributed by atoms with Crippen molar-refractivity contribution in [2.75, 3.05) is 0 Å². The van der Waals surface area contributed by atoms with E-state index in [1.165, 1.54) is 5.56 Å². The third-order valence-corrected chi connectivity index (χ3v) is 3.66. The Bertz CT molecular complexity index is 569. The van der Waals surface area contributed by atoms with Crippen LogP contribution >= 0.6 is 15.9 Å². The van der Waals surface area contributed by atoms with Crippen molar-refractivity contribution >= 4 is 15.9 Å². The fourth-order valence-electron chi connectivity index (χ4n) is 2.22. The molecule has 1 unspecified atom stereocenters. The van der Waals surface area contributed by atoms with Crippen LogP contribution in [0.5, 0.6) is 0 Å². The van der Waals surface area contributed by atoms with Crippen molar-refractivity contribution in [2.24, 2.45) is 5.84 Å². The van der Waals surface area contributed by atoms with Crippen LogP contribution in [-0.2, 0) is 6.42 Å². The minimum absolute atomic E-state index is 0.0717. The van der Waals surface area contributed by atoms with Crippen LogP contribution in [0, 0.1) is 13.8 Å². The van der Waals surface area contributed by atoms with E-state index < -0.39 is 0 Å². The van der Waals surface area contributed by atoms with Gasteiger partial charge in [0.1, 0.15) is 0 Å². The van der Waals surface area contributed by atoms with E-state index in [4.69, 9.17) is 5.84 Å². The van der Waals surface area contributed by atoms with E-state index in [0.717, 1.165) is 27.8 Å². The molecule has 0 fully saturated rings. The van der Waals surface area contributed by atoms with Gasteiger partial charge in [0.2, 0.25) is 0 Å². The van der Waals surface area contributed by atoms with Gasteiger partial charge in [-0.2, -0.15) is 0 Å². The van der Waals surface area contributed by atoms with Crippen molar-refractivity contribution < 1.29 is 0 Å². The number of halogens is 1. The van der Waals surface area contributed by atoms with Gasteiger partial charge >= 0.3 is 0 Å². The van der Waals surface area contributed by atoms with Gasteiger partial charge in [0, 0.05) is 15.9 Å². The summed E-state index contributed by atoms with van der Waals surface area (Å²) in [6.45, 7) is 4.02. The highest BCUT2D eigenvalue weighted by molar-refractivity contribution is 9.10. The number of nitrogens with zero attached hydrogens (tertiary/aromatic N) is 1. The molecule has 0 amide bonds. The van der Waals surface area contributed by atoms with Crippen LogP contribution in [0.4, 0.5) is 0 Å². The number of nitrogens with one attached hydrogen (secondary N) is 1. The first kappa shape index (κ1) is 14.2. The number of aromatic nitrogens is 1. The van der Waals surface area contributed by atoms with E-state index in [2.05, 4.69) is 44.5 Å². The zero-order chi connectivity index (χ0) is 13.8. The molecule has 0 radical (unpaired) electrons. The van der Waals surface area contributed by atoms with E-state index in [1.807, 2.05) is 32.0 Å². The Labute approximate surface area is 122 Å². The number of rotatable bonds is 4. The smallest absolute Gasteiger partial charge is 0.0518 e. The first-order valence-electron chi connectivity index (χ1n) is 6.25. The quantitative estimate of drug-likeness (QED) is 0.672. The topological polar surface area (TPSA) is 50.9 Å². The monoisotopic (exact) mass is 319 g/mol. The first-order chi connectivity index (χ1) is 9.10. The summed E-state index contributed by atoms with van der Waals surface area (Å²) in [4.78, 5) is 4.50. The normalized spacial score (nSPS) is 12.4. The highest BCUT2D eigenvalue weighted by atomic mass is 79.9. The molecule has 2 aromatic rings. The lowest BCUT2D eigenvalue weighted by atomic mass is 9.98. The fraction of sp³-hybridized carbons (Fsp3) is 0.267. The summed E-state index contributed by atoms with van der Waals surface area (Å²) >= 11 is 3.49. The second kappa shape index (κ2) is 6.28. The summed E-state index contributed by atoms with van der Waals surface area (Å²) in [5.41, 5.74) is 7.32. The molecule has 0 saturated heterocycles. The van der Waals surface area contributed by atoms with Gasteiger partial charge in [-0.05, 0) is 49.6 Å². The molecule has 0 saturated carbocycles. The lowest BCUT2D eigenvalue weighted by Gasteiger charge is -2.18. The van der Waals surface area contributed by atoms with Crippen LogP contribution in [0.15, 0.2) is 40.9 Å². The molecule has 19 heavy (non-hydrogen) atoms. The van der Waals surface area contributed by atoms with Gasteiger partial charge in [-0.3, -0.25) is 16.3 Å². The number of hydrogen-bond acceptors (Lipinski definition) is 3. The zero-order valence-electron chi connectivity index (χ0n) is 11.2. The van der Waals surface area contributed by atoms with Crippen LogP contribution in [0.3, 0.4) is 0 Å². The Morgan fingerprint density at radius 1 is 1.26 bits per heavy atom. The summed E-state index contributed by atoms with van der Waals surface area (Å²) in [5, 5.41) is 0. The molecule has 0 aliphatic heterocycles. The number of nitrogens with two attached hydrogens (primary N) is 1. The summed E-state index contributed by atoms with van der Waals surface area (Å²) in [5.74, 6) is 5.71. The Kier molecular flexibility index (Phi) is 4.69. The van der Waals surface area contributed by atoms with Gasteiger partial charge in [-0.25, -0.2) is 0 Å². The Hall–Kier alpha value is -1.23. The Morgan fingerprint density at radius 3 is 2.68 bits per heavy atom. The zero-order valence-corrected chi connectivity index (χ0v) is 12.7. The van der Waals surface area contributed by atoms with Crippen molar-refractivity contribution in [2.45, 2.75) is 26.3 Å². The summed E-state index contributed by atoms with van der Waals surface area (Å²) in [7, 11) is 0. The summed E-state index contributed by atoms with van der Waals surface area (Å²) in [6.07, 6.45) is 0.835. The van der Waals surface area contributed by atoms with Crippen molar-refractivity contribution in [3.05, 3.63) is 63.4 Å². The summed E-state index contributed by atoms with van der Waals surface area (Å²) in [6, 6.07) is 12.5. The van der Waals surface area contributed by atoms with E-state index >= 15 is 0 Å². The average molecular weight is 320 g/mol. The molecule has 1 aromatic carbocycles. The van der Waals surface area contributed by atoms with Crippen LogP contribution in [0.1, 0.15) is 28.6 Å². The van der Waals surface area contributed by atoms with Gasteiger partial charge in [0.25, 0.3) is 0 Å². The molecule has 2 rings (SSSR count). The maximum Gasteiger partial charge on any atom is 0.0518 e. The number of pyridine rings is 1. The molecule has 100 valence electrons. The third-order valence-electron chi connectivity index (χ3n) is 3.17. The Balaban J connectivity index is 2.25. The number of hydrazine groups is 1. The van der Waals surface area contributed by atoms with Crippen LogP contribution in [0.2, 0.25) is 0 Å². The molecular formula is C15H18BrN3. The van der Waals surface area contributed by atoms with Crippen LogP contribution < -0.4 is 11.3 Å². The fourth-order valence-corrected chi connectivity index (χ4v) is 2.67. The second-order valence-corrected chi connectivity index (χ2v) is 5.60. The maximum absolute atomic E-state index is 5.71.